The Balaban J connectivity index is 1.96. The van der Waals surface area contributed by atoms with Crippen molar-refractivity contribution >= 4 is 0 Å². The molecule has 1 aromatic carbocycles. The first-order chi connectivity index (χ1) is 8.79. The van der Waals surface area contributed by atoms with Gasteiger partial charge in [0.1, 0.15) is 0 Å². The normalized spacial score (nSPS) is 10.8. The summed E-state index contributed by atoms with van der Waals surface area (Å²) in [5, 5.41) is 11.6. The predicted octanol–water partition coefficient (Wildman–Crippen LogP) is 2.13. The molecule has 2 rings (SSSR count). The molecule has 0 aliphatic heterocycles. The molecule has 0 saturated carbocycles. The van der Waals surface area contributed by atoms with Crippen LogP contribution in [0.4, 0.5) is 0 Å². The second-order valence-electron chi connectivity index (χ2n) is 4.51. The van der Waals surface area contributed by atoms with E-state index < -0.39 is 0 Å². The lowest BCUT2D eigenvalue weighted by molar-refractivity contribution is 0.643. The van der Waals surface area contributed by atoms with E-state index in [1.54, 1.807) is 0 Å². The van der Waals surface area contributed by atoms with Gasteiger partial charge in [0, 0.05) is 6.54 Å². The quantitative estimate of drug-likeness (QED) is 0.792. The van der Waals surface area contributed by atoms with Crippen LogP contribution in [0.1, 0.15) is 30.2 Å². The molecule has 0 aliphatic rings. The second-order valence-corrected chi connectivity index (χ2v) is 4.51. The van der Waals surface area contributed by atoms with Crippen LogP contribution < -0.4 is 5.32 Å². The van der Waals surface area contributed by atoms with Crippen LogP contribution in [0.5, 0.6) is 0 Å². The summed E-state index contributed by atoms with van der Waals surface area (Å²) < 4.78 is 1.89. The maximum Gasteiger partial charge on any atom is 0.0964 e. The summed E-state index contributed by atoms with van der Waals surface area (Å²) in [5.74, 6) is 0. The zero-order chi connectivity index (χ0) is 12.8. The highest BCUT2D eigenvalue weighted by atomic mass is 15.4. The monoisotopic (exact) mass is 244 g/mol. The fourth-order valence-corrected chi connectivity index (χ4v) is 1.85. The van der Waals surface area contributed by atoms with E-state index in [0.29, 0.717) is 0 Å². The van der Waals surface area contributed by atoms with E-state index in [-0.39, 0.29) is 0 Å². The van der Waals surface area contributed by atoms with Gasteiger partial charge in [-0.1, -0.05) is 36.4 Å². The third-order valence-electron chi connectivity index (χ3n) is 2.91. The maximum atomic E-state index is 4.16. The third kappa shape index (κ3) is 3.40. The maximum absolute atomic E-state index is 4.16. The van der Waals surface area contributed by atoms with E-state index in [1.807, 2.05) is 10.9 Å². The van der Waals surface area contributed by atoms with Gasteiger partial charge in [0.15, 0.2) is 0 Å². The van der Waals surface area contributed by atoms with Crippen LogP contribution in [0, 0.1) is 6.92 Å². The number of aromatic nitrogens is 3. The molecule has 1 N–H and O–H groups in total. The topological polar surface area (TPSA) is 42.7 Å². The van der Waals surface area contributed by atoms with Crippen molar-refractivity contribution < 1.29 is 0 Å². The molecule has 0 amide bonds. The molecule has 0 aliphatic carbocycles. The van der Waals surface area contributed by atoms with Gasteiger partial charge in [-0.2, -0.15) is 0 Å². The smallest absolute Gasteiger partial charge is 0.0964 e. The van der Waals surface area contributed by atoms with E-state index in [9.17, 15) is 0 Å². The summed E-state index contributed by atoms with van der Waals surface area (Å²) in [6.07, 6.45) is 3.15. The van der Waals surface area contributed by atoms with E-state index in [0.717, 1.165) is 31.7 Å². The molecule has 1 aromatic heterocycles. The van der Waals surface area contributed by atoms with Crippen molar-refractivity contribution in [1.29, 1.82) is 0 Å². The van der Waals surface area contributed by atoms with Gasteiger partial charge in [0.2, 0.25) is 0 Å². The van der Waals surface area contributed by atoms with Crippen molar-refractivity contribution in [2.75, 3.05) is 6.54 Å². The zero-order valence-electron chi connectivity index (χ0n) is 11.1. The Hall–Kier alpha value is -1.68. The Morgan fingerprint density at radius 1 is 1.28 bits per heavy atom. The molecule has 4 heteroatoms. The van der Waals surface area contributed by atoms with Crippen LogP contribution >= 0.6 is 0 Å². The number of rotatable bonds is 6. The molecular formula is C14H20N4. The van der Waals surface area contributed by atoms with Crippen molar-refractivity contribution in [2.45, 2.75) is 33.4 Å². The molecule has 0 fully saturated rings. The molecule has 0 bridgehead atoms. The van der Waals surface area contributed by atoms with Crippen molar-refractivity contribution in [3.8, 4) is 0 Å². The van der Waals surface area contributed by atoms with Crippen molar-refractivity contribution in [1.82, 2.24) is 20.3 Å². The SMILES string of the molecule is CCCNCc1cn(Cc2ccccc2C)nn1. The van der Waals surface area contributed by atoms with Crippen LogP contribution in [0.25, 0.3) is 0 Å². The molecule has 0 atom stereocenters. The average Bonchev–Trinajstić information content (AvgIpc) is 2.80. The lowest BCUT2D eigenvalue weighted by atomic mass is 10.1. The molecule has 0 saturated heterocycles. The molecule has 18 heavy (non-hydrogen) atoms. The Labute approximate surface area is 108 Å². The number of nitrogens with one attached hydrogen (secondary N) is 1. The number of hydrogen-bond acceptors (Lipinski definition) is 3. The fraction of sp³-hybridized carbons (Fsp3) is 0.429. The fourth-order valence-electron chi connectivity index (χ4n) is 1.85. The van der Waals surface area contributed by atoms with Gasteiger partial charge in [0.05, 0.1) is 18.4 Å². The predicted molar refractivity (Wildman–Crippen MR) is 72.3 cm³/mol. The zero-order valence-corrected chi connectivity index (χ0v) is 11.1. The minimum atomic E-state index is 0.785. The molecule has 1 heterocycles. The summed E-state index contributed by atoms with van der Waals surface area (Å²) in [7, 11) is 0. The Kier molecular flexibility index (Phi) is 4.47. The van der Waals surface area contributed by atoms with Crippen LogP contribution in [0.15, 0.2) is 30.5 Å². The van der Waals surface area contributed by atoms with Crippen LogP contribution in [-0.2, 0) is 13.1 Å². The molecule has 96 valence electrons. The summed E-state index contributed by atoms with van der Waals surface area (Å²) >= 11 is 0. The molecule has 0 radical (unpaired) electrons. The number of benzene rings is 1. The Morgan fingerprint density at radius 3 is 2.89 bits per heavy atom. The molecular weight excluding hydrogens is 224 g/mol. The van der Waals surface area contributed by atoms with E-state index in [4.69, 9.17) is 0 Å². The van der Waals surface area contributed by atoms with Gasteiger partial charge in [-0.15, -0.1) is 5.10 Å². The van der Waals surface area contributed by atoms with Crippen LogP contribution in [0.3, 0.4) is 0 Å². The minimum absolute atomic E-state index is 0.785. The Bertz CT molecular complexity index is 490. The van der Waals surface area contributed by atoms with Crippen molar-refractivity contribution in [3.63, 3.8) is 0 Å². The van der Waals surface area contributed by atoms with Crippen LogP contribution in [0.2, 0.25) is 0 Å². The van der Waals surface area contributed by atoms with Gasteiger partial charge in [-0.05, 0) is 31.0 Å². The molecule has 0 spiro atoms. The highest BCUT2D eigenvalue weighted by Gasteiger charge is 2.02. The van der Waals surface area contributed by atoms with Gasteiger partial charge in [-0.25, -0.2) is 4.68 Å². The van der Waals surface area contributed by atoms with Gasteiger partial charge >= 0.3 is 0 Å². The summed E-state index contributed by atoms with van der Waals surface area (Å²) in [5.41, 5.74) is 3.58. The van der Waals surface area contributed by atoms with Crippen molar-refractivity contribution in [2.24, 2.45) is 0 Å². The van der Waals surface area contributed by atoms with E-state index >= 15 is 0 Å². The number of nitrogens with zero attached hydrogens (tertiary/aromatic N) is 3. The van der Waals surface area contributed by atoms with Gasteiger partial charge < -0.3 is 5.32 Å². The minimum Gasteiger partial charge on any atom is -0.311 e. The third-order valence-corrected chi connectivity index (χ3v) is 2.91. The lowest BCUT2D eigenvalue weighted by Gasteiger charge is -2.04. The molecule has 4 nitrogen and oxygen atoms in total. The highest BCUT2D eigenvalue weighted by molar-refractivity contribution is 5.25. The summed E-state index contributed by atoms with van der Waals surface area (Å²) in [6, 6.07) is 8.37. The highest BCUT2D eigenvalue weighted by Crippen LogP contribution is 2.08. The molecule has 2 aromatic rings. The van der Waals surface area contributed by atoms with Crippen LogP contribution in [-0.4, -0.2) is 21.5 Å². The largest absolute Gasteiger partial charge is 0.311 e. The Morgan fingerprint density at radius 2 is 2.11 bits per heavy atom. The second kappa shape index (κ2) is 6.31. The van der Waals surface area contributed by atoms with E-state index in [2.05, 4.69) is 53.7 Å². The average molecular weight is 244 g/mol. The summed E-state index contributed by atoms with van der Waals surface area (Å²) in [4.78, 5) is 0. The number of hydrogen-bond donors (Lipinski definition) is 1. The standard InChI is InChI=1S/C14H20N4/c1-3-8-15-9-14-11-18(17-16-14)10-13-7-5-4-6-12(13)2/h4-7,11,15H,3,8-10H2,1-2H3. The lowest BCUT2D eigenvalue weighted by Crippen LogP contribution is -2.13. The first-order valence-corrected chi connectivity index (χ1v) is 6.44. The van der Waals surface area contributed by atoms with Crippen molar-refractivity contribution in [3.05, 3.63) is 47.3 Å². The first-order valence-electron chi connectivity index (χ1n) is 6.44. The first kappa shape index (κ1) is 12.8. The van der Waals surface area contributed by atoms with E-state index in [1.165, 1.54) is 11.1 Å². The number of aryl methyl sites for hydroxylation is 1. The van der Waals surface area contributed by atoms with Gasteiger partial charge in [0.25, 0.3) is 0 Å². The summed E-state index contributed by atoms with van der Waals surface area (Å²) in [6.45, 7) is 6.87. The molecule has 0 unspecified atom stereocenters. The van der Waals surface area contributed by atoms with Gasteiger partial charge in [-0.3, -0.25) is 0 Å².